The largest absolute Gasteiger partial charge is 0.261 e. The number of amidine groups is 2. The van der Waals surface area contributed by atoms with Crippen molar-refractivity contribution in [3.8, 4) is 33.4 Å². The summed E-state index contributed by atoms with van der Waals surface area (Å²) in [5.41, 5.74) is 19.7. The number of rotatable bonds is 9. The summed E-state index contributed by atoms with van der Waals surface area (Å²) in [5, 5.41) is 0. The Morgan fingerprint density at radius 3 is 1.95 bits per heavy atom. The van der Waals surface area contributed by atoms with E-state index in [1.165, 1.54) is 61.2 Å². The molecule has 2 aliphatic rings. The van der Waals surface area contributed by atoms with Crippen molar-refractivity contribution in [2.75, 3.05) is 0 Å². The van der Waals surface area contributed by atoms with Crippen molar-refractivity contribution in [2.45, 2.75) is 39.2 Å². The molecular weight excluding hydrogens is 703 g/mol. The van der Waals surface area contributed by atoms with Crippen molar-refractivity contribution >= 4 is 29.5 Å². The highest BCUT2D eigenvalue weighted by atomic mass is 15.0. The summed E-state index contributed by atoms with van der Waals surface area (Å²) in [4.78, 5) is 14.7. The van der Waals surface area contributed by atoms with Gasteiger partial charge in [0.2, 0.25) is 0 Å². The van der Waals surface area contributed by atoms with Gasteiger partial charge in [0.1, 0.15) is 0 Å². The molecule has 7 aromatic carbocycles. The predicted octanol–water partition coefficient (Wildman–Crippen LogP) is 13.7. The topological polar surface area (TPSA) is 37.1 Å². The first-order chi connectivity index (χ1) is 28.6. The van der Waals surface area contributed by atoms with E-state index in [2.05, 4.69) is 182 Å². The molecule has 2 aliphatic carbocycles. The maximum atomic E-state index is 5.13. The summed E-state index contributed by atoms with van der Waals surface area (Å²) in [6.07, 6.45) is 6.46. The molecule has 58 heavy (non-hydrogen) atoms. The normalized spacial score (nSPS) is 13.8. The highest BCUT2D eigenvalue weighted by molar-refractivity contribution is 6.13. The molecule has 0 fully saturated rings. The monoisotopic (exact) mass is 747 g/mol. The Kier molecular flexibility index (Phi) is 10.5. The molecular formula is C55H45N3. The van der Waals surface area contributed by atoms with E-state index in [0.29, 0.717) is 18.2 Å². The quantitative estimate of drug-likeness (QED) is 0.104. The van der Waals surface area contributed by atoms with E-state index >= 15 is 0 Å². The van der Waals surface area contributed by atoms with Crippen LogP contribution < -0.4 is 0 Å². The Morgan fingerprint density at radius 1 is 0.534 bits per heavy atom. The van der Waals surface area contributed by atoms with Crippen LogP contribution in [0.3, 0.4) is 0 Å². The third-order valence-electron chi connectivity index (χ3n) is 11.4. The van der Waals surface area contributed by atoms with E-state index in [4.69, 9.17) is 9.98 Å². The van der Waals surface area contributed by atoms with Crippen molar-refractivity contribution in [3.05, 3.63) is 227 Å². The average molecular weight is 748 g/mol. The minimum atomic E-state index is 0.512. The lowest BCUT2D eigenvalue weighted by Gasteiger charge is -2.22. The summed E-state index contributed by atoms with van der Waals surface area (Å²) in [6.45, 7) is 6.76. The lowest BCUT2D eigenvalue weighted by Crippen LogP contribution is -2.06. The van der Waals surface area contributed by atoms with Gasteiger partial charge in [-0.05, 0) is 129 Å². The Bertz CT molecular complexity index is 2750. The van der Waals surface area contributed by atoms with Crippen molar-refractivity contribution < 1.29 is 0 Å². The summed E-state index contributed by atoms with van der Waals surface area (Å²) in [7, 11) is 0. The average Bonchev–Trinajstić information content (AvgIpc) is 3.67. The van der Waals surface area contributed by atoms with Crippen LogP contribution in [0.5, 0.6) is 0 Å². The van der Waals surface area contributed by atoms with Gasteiger partial charge in [-0.2, -0.15) is 0 Å². The van der Waals surface area contributed by atoms with Gasteiger partial charge in [0.15, 0.2) is 11.7 Å². The minimum Gasteiger partial charge on any atom is -0.261 e. The second kappa shape index (κ2) is 16.6. The molecule has 280 valence electrons. The van der Waals surface area contributed by atoms with E-state index in [-0.39, 0.29) is 0 Å². The van der Waals surface area contributed by atoms with Gasteiger partial charge in [0.05, 0.1) is 6.54 Å². The molecule has 0 unspecified atom stereocenters. The molecule has 0 aromatic heterocycles. The standard InChI is InChI=1S/C55H45N3/c1-3-49-50(40-17-8-5-9-18-40)25-14-26-51(49)41-29-27-39(28-30-41)42-20-12-21-43(33-42)44-22-13-23-46(34-44)54(56-2)58-55(57-37-38-15-6-4-7-16-38)47-31-32-53-48(36-47)35-45-19-10-11-24-52(45)53/h4-13,15-25,27-34,36H,2-3,14,26,35,37H2,1H3/b57-55-,58-54-. The first-order valence-corrected chi connectivity index (χ1v) is 20.3. The molecule has 0 atom stereocenters. The van der Waals surface area contributed by atoms with Gasteiger partial charge in [-0.3, -0.25) is 4.99 Å². The van der Waals surface area contributed by atoms with Crippen LogP contribution in [0.1, 0.15) is 65.1 Å². The number of benzene rings is 7. The van der Waals surface area contributed by atoms with Gasteiger partial charge in [-0.15, -0.1) is 0 Å². The Balaban J connectivity index is 1.01. The molecule has 0 bridgehead atoms. The molecule has 7 aromatic rings. The van der Waals surface area contributed by atoms with Crippen LogP contribution in [-0.2, 0) is 13.0 Å². The lowest BCUT2D eigenvalue weighted by molar-refractivity contribution is 1.01. The summed E-state index contributed by atoms with van der Waals surface area (Å²) < 4.78 is 0. The SMILES string of the molecule is C=N/C(=N\C(=N/Cc1ccccc1)c1ccc2c(c1)Cc1ccccc1-2)c1cccc(-c2cccc(-c3ccc(C4=C(CC)C(c5ccccc5)=CCC4)cc3)c2)c1. The van der Waals surface area contributed by atoms with E-state index in [9.17, 15) is 0 Å². The van der Waals surface area contributed by atoms with Gasteiger partial charge < -0.3 is 0 Å². The second-order valence-corrected chi connectivity index (χ2v) is 15.0. The molecule has 0 saturated heterocycles. The number of aliphatic imine (C=N–C) groups is 3. The van der Waals surface area contributed by atoms with Crippen molar-refractivity contribution in [3.63, 3.8) is 0 Å². The molecule has 0 amide bonds. The molecule has 0 heterocycles. The van der Waals surface area contributed by atoms with Gasteiger partial charge in [0.25, 0.3) is 0 Å². The summed E-state index contributed by atoms with van der Waals surface area (Å²) in [6, 6.07) is 62.7. The van der Waals surface area contributed by atoms with Crippen molar-refractivity contribution in [2.24, 2.45) is 15.0 Å². The van der Waals surface area contributed by atoms with Crippen LogP contribution in [0.25, 0.3) is 44.5 Å². The van der Waals surface area contributed by atoms with Crippen molar-refractivity contribution in [1.29, 1.82) is 0 Å². The molecule has 0 radical (unpaired) electrons. The van der Waals surface area contributed by atoms with Crippen LogP contribution in [0, 0.1) is 0 Å². The first-order valence-electron chi connectivity index (χ1n) is 20.3. The Labute approximate surface area is 342 Å². The molecule has 3 heteroatoms. The second-order valence-electron chi connectivity index (χ2n) is 15.0. The molecule has 0 spiro atoms. The molecule has 3 nitrogen and oxygen atoms in total. The van der Waals surface area contributed by atoms with Crippen LogP contribution in [-0.4, -0.2) is 18.4 Å². The molecule has 0 aliphatic heterocycles. The smallest absolute Gasteiger partial charge is 0.161 e. The third kappa shape index (κ3) is 7.60. The van der Waals surface area contributed by atoms with E-state index in [0.717, 1.165) is 53.5 Å². The third-order valence-corrected chi connectivity index (χ3v) is 11.4. The van der Waals surface area contributed by atoms with E-state index < -0.39 is 0 Å². The number of fused-ring (bicyclic) bond motifs is 3. The number of hydrogen-bond donors (Lipinski definition) is 0. The molecule has 9 rings (SSSR count). The maximum Gasteiger partial charge on any atom is 0.161 e. The maximum absolute atomic E-state index is 5.13. The van der Waals surface area contributed by atoms with Crippen LogP contribution >= 0.6 is 0 Å². The van der Waals surface area contributed by atoms with Gasteiger partial charge in [0, 0.05) is 11.1 Å². The number of allylic oxidation sites excluding steroid dienone is 4. The fourth-order valence-electron chi connectivity index (χ4n) is 8.53. The van der Waals surface area contributed by atoms with Crippen molar-refractivity contribution in [1.82, 2.24) is 0 Å². The Morgan fingerprint density at radius 2 is 1.17 bits per heavy atom. The zero-order valence-corrected chi connectivity index (χ0v) is 32.9. The highest BCUT2D eigenvalue weighted by Gasteiger charge is 2.20. The Hall–Kier alpha value is -6.97. The number of hydrogen-bond acceptors (Lipinski definition) is 1. The first kappa shape index (κ1) is 36.7. The predicted molar refractivity (Wildman–Crippen MR) is 246 cm³/mol. The van der Waals surface area contributed by atoms with E-state index in [1.54, 1.807) is 0 Å². The minimum absolute atomic E-state index is 0.512. The highest BCUT2D eigenvalue weighted by Crippen LogP contribution is 2.40. The molecule has 0 saturated carbocycles. The zero-order chi connectivity index (χ0) is 39.3. The summed E-state index contributed by atoms with van der Waals surface area (Å²) >= 11 is 0. The fourth-order valence-corrected chi connectivity index (χ4v) is 8.53. The van der Waals surface area contributed by atoms with Gasteiger partial charge in [-0.1, -0.05) is 171 Å². The van der Waals surface area contributed by atoms with Gasteiger partial charge >= 0.3 is 0 Å². The van der Waals surface area contributed by atoms with Crippen LogP contribution in [0.2, 0.25) is 0 Å². The fraction of sp³-hybridized carbons (Fsp3) is 0.109. The lowest BCUT2D eigenvalue weighted by atomic mass is 9.82. The molecule has 0 N–H and O–H groups in total. The number of nitrogens with zero attached hydrogens (tertiary/aromatic N) is 3. The summed E-state index contributed by atoms with van der Waals surface area (Å²) in [5.74, 6) is 1.18. The van der Waals surface area contributed by atoms with Crippen LogP contribution in [0.4, 0.5) is 0 Å². The van der Waals surface area contributed by atoms with Crippen LogP contribution in [0.15, 0.2) is 203 Å². The van der Waals surface area contributed by atoms with E-state index in [1.807, 2.05) is 18.2 Å². The zero-order valence-electron chi connectivity index (χ0n) is 32.9. The van der Waals surface area contributed by atoms with Gasteiger partial charge in [-0.25, -0.2) is 9.98 Å².